The molecule has 8 rings (SSSR count). The Balaban J connectivity index is 1.12. The molecule has 0 aromatic heterocycles. The first kappa shape index (κ1) is 27.9. The van der Waals surface area contributed by atoms with E-state index >= 15 is 0 Å². The SMILES string of the molecule is Brc1ccc2c(c1)Oc1ccc(-c3ccc(N(c4ccc(-c5ccccc5)cc4)c4ccc(-c5ccccc5)cc4)cc3)cc1O2. The summed E-state index contributed by atoms with van der Waals surface area (Å²) in [5.74, 6) is 2.81. The summed E-state index contributed by atoms with van der Waals surface area (Å²) in [6.45, 7) is 0. The van der Waals surface area contributed by atoms with Crippen LogP contribution < -0.4 is 14.4 Å². The van der Waals surface area contributed by atoms with Gasteiger partial charge in [0.2, 0.25) is 0 Å². The molecule has 3 nitrogen and oxygen atoms in total. The lowest BCUT2D eigenvalue weighted by molar-refractivity contribution is 0.359. The monoisotopic (exact) mass is 657 g/mol. The number of anilines is 3. The first-order valence-corrected chi connectivity index (χ1v) is 16.0. The zero-order chi connectivity index (χ0) is 30.9. The van der Waals surface area contributed by atoms with E-state index in [1.165, 1.54) is 22.3 Å². The van der Waals surface area contributed by atoms with Crippen molar-refractivity contribution in [2.75, 3.05) is 4.90 Å². The third-order valence-electron chi connectivity index (χ3n) is 8.21. The quantitative estimate of drug-likeness (QED) is 0.177. The molecular formula is C42H28BrNO2. The number of halogens is 1. The van der Waals surface area contributed by atoms with E-state index in [2.05, 4.69) is 148 Å². The highest BCUT2D eigenvalue weighted by Gasteiger charge is 2.20. The lowest BCUT2D eigenvalue weighted by Gasteiger charge is -2.26. The molecule has 1 heterocycles. The Hall–Kier alpha value is -5.58. The smallest absolute Gasteiger partial charge is 0.171 e. The Morgan fingerprint density at radius 1 is 0.326 bits per heavy atom. The average molecular weight is 659 g/mol. The van der Waals surface area contributed by atoms with Gasteiger partial charge in [0.15, 0.2) is 23.0 Å². The second-order valence-corrected chi connectivity index (χ2v) is 12.1. The number of fused-ring (bicyclic) bond motifs is 2. The molecule has 0 fully saturated rings. The maximum atomic E-state index is 6.20. The summed E-state index contributed by atoms with van der Waals surface area (Å²) < 4.78 is 13.3. The van der Waals surface area contributed by atoms with Crippen molar-refractivity contribution in [3.8, 4) is 56.4 Å². The minimum Gasteiger partial charge on any atom is -0.449 e. The summed E-state index contributed by atoms with van der Waals surface area (Å²) in [4.78, 5) is 2.30. The van der Waals surface area contributed by atoms with Crippen LogP contribution in [0.3, 0.4) is 0 Å². The van der Waals surface area contributed by atoms with Crippen LogP contribution >= 0.6 is 15.9 Å². The molecule has 0 spiro atoms. The van der Waals surface area contributed by atoms with Crippen molar-refractivity contribution in [2.24, 2.45) is 0 Å². The van der Waals surface area contributed by atoms with Crippen molar-refractivity contribution >= 4 is 33.0 Å². The van der Waals surface area contributed by atoms with Crippen LogP contribution in [0.2, 0.25) is 0 Å². The van der Waals surface area contributed by atoms with Gasteiger partial charge >= 0.3 is 0 Å². The van der Waals surface area contributed by atoms with Gasteiger partial charge in [0, 0.05) is 21.5 Å². The third kappa shape index (κ3) is 5.55. The van der Waals surface area contributed by atoms with E-state index in [1.54, 1.807) is 0 Å². The van der Waals surface area contributed by atoms with Crippen LogP contribution in [0.4, 0.5) is 17.1 Å². The fourth-order valence-electron chi connectivity index (χ4n) is 5.85. The molecule has 0 aliphatic carbocycles. The molecule has 1 aliphatic rings. The van der Waals surface area contributed by atoms with Gasteiger partial charge in [-0.1, -0.05) is 119 Å². The second-order valence-electron chi connectivity index (χ2n) is 11.2. The van der Waals surface area contributed by atoms with E-state index in [0.717, 1.165) is 32.7 Å². The highest BCUT2D eigenvalue weighted by molar-refractivity contribution is 9.10. The van der Waals surface area contributed by atoms with Crippen LogP contribution in [0.1, 0.15) is 0 Å². The Morgan fingerprint density at radius 2 is 0.696 bits per heavy atom. The Bertz CT molecular complexity index is 2040. The molecule has 1 aliphatic heterocycles. The van der Waals surface area contributed by atoms with Crippen LogP contribution in [-0.2, 0) is 0 Å². The topological polar surface area (TPSA) is 21.7 Å². The van der Waals surface area contributed by atoms with Gasteiger partial charge in [0.05, 0.1) is 0 Å². The Kier molecular flexibility index (Phi) is 7.33. The minimum atomic E-state index is 0.702. The molecule has 0 radical (unpaired) electrons. The number of ether oxygens (including phenoxy) is 2. The standard InChI is InChI=1S/C42H28BrNO2/c43-35-18-26-40-42(28-35)46-39-25-17-34(27-41(39)45-40)33-15-23-38(24-16-33)44(36-19-11-31(12-20-36)29-7-3-1-4-8-29)37-21-13-32(14-22-37)30-9-5-2-6-10-30/h1-28H. The molecule has 0 saturated carbocycles. The first-order valence-electron chi connectivity index (χ1n) is 15.2. The second kappa shape index (κ2) is 12.1. The van der Waals surface area contributed by atoms with Crippen molar-refractivity contribution in [1.82, 2.24) is 0 Å². The van der Waals surface area contributed by atoms with Gasteiger partial charge in [0.25, 0.3) is 0 Å². The van der Waals surface area contributed by atoms with Gasteiger partial charge in [-0.25, -0.2) is 0 Å². The first-order chi connectivity index (χ1) is 22.7. The molecule has 0 unspecified atom stereocenters. The van der Waals surface area contributed by atoms with E-state index in [1.807, 2.05) is 42.5 Å². The van der Waals surface area contributed by atoms with Crippen molar-refractivity contribution in [3.05, 3.63) is 174 Å². The third-order valence-corrected chi connectivity index (χ3v) is 8.71. The van der Waals surface area contributed by atoms with Crippen molar-refractivity contribution in [3.63, 3.8) is 0 Å². The van der Waals surface area contributed by atoms with Gasteiger partial charge in [-0.05, 0) is 100 Å². The fourth-order valence-corrected chi connectivity index (χ4v) is 6.19. The normalized spacial score (nSPS) is 11.5. The lowest BCUT2D eigenvalue weighted by Crippen LogP contribution is -2.09. The van der Waals surface area contributed by atoms with Gasteiger partial charge < -0.3 is 14.4 Å². The largest absolute Gasteiger partial charge is 0.449 e. The maximum absolute atomic E-state index is 6.20. The summed E-state index contributed by atoms with van der Waals surface area (Å²) in [5, 5.41) is 0. The Morgan fingerprint density at radius 3 is 1.17 bits per heavy atom. The number of benzene rings is 7. The number of nitrogens with zero attached hydrogens (tertiary/aromatic N) is 1. The lowest BCUT2D eigenvalue weighted by atomic mass is 10.0. The number of hydrogen-bond donors (Lipinski definition) is 0. The molecule has 0 atom stereocenters. The summed E-state index contributed by atoms with van der Waals surface area (Å²) in [7, 11) is 0. The van der Waals surface area contributed by atoms with E-state index in [-0.39, 0.29) is 0 Å². The molecule has 4 heteroatoms. The van der Waals surface area contributed by atoms with E-state index in [4.69, 9.17) is 9.47 Å². The summed E-state index contributed by atoms with van der Waals surface area (Å²) in [5.41, 5.74) is 10.2. The van der Waals surface area contributed by atoms with Crippen LogP contribution in [0.5, 0.6) is 23.0 Å². The zero-order valence-corrected chi connectivity index (χ0v) is 26.4. The van der Waals surface area contributed by atoms with Crippen LogP contribution in [0.15, 0.2) is 174 Å². The molecule has 220 valence electrons. The molecule has 7 aromatic rings. The maximum Gasteiger partial charge on any atom is 0.171 e. The summed E-state index contributed by atoms with van der Waals surface area (Å²) in [6, 6.07) is 59.0. The predicted octanol–water partition coefficient (Wildman–Crippen LogP) is 12.8. The Labute approximate surface area is 277 Å². The molecule has 0 saturated heterocycles. The zero-order valence-electron chi connectivity index (χ0n) is 24.8. The summed E-state index contributed by atoms with van der Waals surface area (Å²) in [6.07, 6.45) is 0. The van der Waals surface area contributed by atoms with Gasteiger partial charge in [-0.15, -0.1) is 0 Å². The molecular weight excluding hydrogens is 630 g/mol. The van der Waals surface area contributed by atoms with Gasteiger partial charge in [-0.2, -0.15) is 0 Å². The highest BCUT2D eigenvalue weighted by Crippen LogP contribution is 2.47. The molecule has 46 heavy (non-hydrogen) atoms. The van der Waals surface area contributed by atoms with Gasteiger partial charge in [-0.3, -0.25) is 0 Å². The molecule has 0 N–H and O–H groups in total. The molecule has 0 amide bonds. The molecule has 0 bridgehead atoms. The van der Waals surface area contributed by atoms with Gasteiger partial charge in [0.1, 0.15) is 0 Å². The molecule has 7 aromatic carbocycles. The van der Waals surface area contributed by atoms with E-state index in [9.17, 15) is 0 Å². The van der Waals surface area contributed by atoms with E-state index in [0.29, 0.717) is 23.0 Å². The van der Waals surface area contributed by atoms with Crippen LogP contribution in [0, 0.1) is 0 Å². The van der Waals surface area contributed by atoms with Crippen molar-refractivity contribution in [1.29, 1.82) is 0 Å². The van der Waals surface area contributed by atoms with E-state index < -0.39 is 0 Å². The van der Waals surface area contributed by atoms with Crippen molar-refractivity contribution in [2.45, 2.75) is 0 Å². The van der Waals surface area contributed by atoms with Crippen LogP contribution in [-0.4, -0.2) is 0 Å². The fraction of sp³-hybridized carbons (Fsp3) is 0. The highest BCUT2D eigenvalue weighted by atomic mass is 79.9. The predicted molar refractivity (Wildman–Crippen MR) is 192 cm³/mol. The number of hydrogen-bond acceptors (Lipinski definition) is 3. The minimum absolute atomic E-state index is 0.702. The van der Waals surface area contributed by atoms with Crippen molar-refractivity contribution < 1.29 is 9.47 Å². The summed E-state index contributed by atoms with van der Waals surface area (Å²) >= 11 is 3.50. The number of rotatable bonds is 6. The van der Waals surface area contributed by atoms with Crippen LogP contribution in [0.25, 0.3) is 33.4 Å². The average Bonchev–Trinajstić information content (AvgIpc) is 3.12.